The van der Waals surface area contributed by atoms with Crippen LogP contribution in [0.3, 0.4) is 0 Å². The van der Waals surface area contributed by atoms with Gasteiger partial charge in [-0.3, -0.25) is 0 Å². The van der Waals surface area contributed by atoms with Gasteiger partial charge in [0, 0.05) is 12.8 Å². The molecule has 3 nitrogen and oxygen atoms in total. The first-order valence-corrected chi connectivity index (χ1v) is 8.83. The van der Waals surface area contributed by atoms with E-state index in [-0.39, 0.29) is 12.8 Å². The number of alkyl halides is 1. The van der Waals surface area contributed by atoms with Gasteiger partial charge in [0.2, 0.25) is 14.0 Å². The van der Waals surface area contributed by atoms with Gasteiger partial charge in [0.05, 0.1) is 12.9 Å². The summed E-state index contributed by atoms with van der Waals surface area (Å²) in [6.45, 7) is 6.22. The van der Waals surface area contributed by atoms with Crippen LogP contribution in [-0.2, 0) is 14.0 Å². The van der Waals surface area contributed by atoms with Crippen molar-refractivity contribution >= 4 is 14.3 Å². The topological polar surface area (TPSA) is 35.5 Å². The van der Waals surface area contributed by atoms with Crippen LogP contribution in [0.5, 0.6) is 0 Å². The summed E-state index contributed by atoms with van der Waals surface area (Å²) in [5.41, 5.74) is -1.86. The number of methoxy groups -OCH3 is 1. The van der Waals surface area contributed by atoms with Gasteiger partial charge in [0.15, 0.2) is 0 Å². The van der Waals surface area contributed by atoms with Crippen LogP contribution in [0.25, 0.3) is 0 Å². The highest BCUT2D eigenvalue weighted by Crippen LogP contribution is 2.33. The van der Waals surface area contributed by atoms with E-state index in [1.807, 2.05) is 0 Å². The zero-order valence-corrected chi connectivity index (χ0v) is 11.3. The number of carbonyl (C=O) groups excluding carboxylic acids is 1. The van der Waals surface area contributed by atoms with Crippen LogP contribution in [0.2, 0.25) is 19.6 Å². The number of rotatable bonds is 3. The predicted octanol–water partition coefficient (Wildman–Crippen LogP) is 2.79. The minimum absolute atomic E-state index is 0.0550. The highest BCUT2D eigenvalue weighted by Gasteiger charge is 2.41. The van der Waals surface area contributed by atoms with Crippen molar-refractivity contribution in [3.05, 3.63) is 11.8 Å². The molecule has 0 aromatic heterocycles. The molecule has 5 heteroatoms. The van der Waals surface area contributed by atoms with E-state index in [0.717, 1.165) is 5.76 Å². The van der Waals surface area contributed by atoms with Gasteiger partial charge in [-0.1, -0.05) is 0 Å². The molecular weight excluding hydrogens is 227 g/mol. The first-order valence-electron chi connectivity index (χ1n) is 5.42. The summed E-state index contributed by atoms with van der Waals surface area (Å²) < 4.78 is 24.2. The van der Waals surface area contributed by atoms with Gasteiger partial charge in [0.25, 0.3) is 0 Å². The highest BCUT2D eigenvalue weighted by molar-refractivity contribution is 6.70. The SMILES string of the molecule is COC(=O)C1(F)CC=C(O[Si](C)(C)C)CC1. The molecule has 1 aliphatic carbocycles. The Balaban J connectivity index is 2.64. The third kappa shape index (κ3) is 3.33. The third-order valence-electron chi connectivity index (χ3n) is 2.41. The molecule has 0 bridgehead atoms. The summed E-state index contributed by atoms with van der Waals surface area (Å²) in [6.07, 6.45) is 2.35. The predicted molar refractivity (Wildman–Crippen MR) is 62.2 cm³/mol. The largest absolute Gasteiger partial charge is 0.548 e. The Hall–Kier alpha value is -0.843. The fourth-order valence-corrected chi connectivity index (χ4v) is 2.63. The first-order chi connectivity index (χ1) is 7.27. The number of allylic oxidation sites excluding steroid dienone is 2. The average Bonchev–Trinajstić information content (AvgIpc) is 2.18. The summed E-state index contributed by atoms with van der Waals surface area (Å²) in [6, 6.07) is 0. The van der Waals surface area contributed by atoms with Gasteiger partial charge in [-0.25, -0.2) is 9.18 Å². The number of ether oxygens (including phenoxy) is 1. The molecule has 1 rings (SSSR count). The summed E-state index contributed by atoms with van der Waals surface area (Å²) in [4.78, 5) is 11.2. The summed E-state index contributed by atoms with van der Waals surface area (Å²) in [7, 11) is -0.424. The molecule has 0 aliphatic heterocycles. The molecule has 0 saturated carbocycles. The van der Waals surface area contributed by atoms with Crippen molar-refractivity contribution < 1.29 is 18.3 Å². The van der Waals surface area contributed by atoms with Crippen LogP contribution >= 0.6 is 0 Å². The van der Waals surface area contributed by atoms with E-state index in [1.165, 1.54) is 7.11 Å². The normalized spacial score (nSPS) is 25.9. The maximum absolute atomic E-state index is 14.0. The molecule has 0 fully saturated rings. The smallest absolute Gasteiger partial charge is 0.343 e. The monoisotopic (exact) mass is 246 g/mol. The standard InChI is InChI=1S/C11H19FO3Si/c1-14-10(13)11(12)7-5-9(6-8-11)15-16(2,3)4/h5H,6-8H2,1-4H3. The van der Waals surface area contributed by atoms with Crippen LogP contribution in [0.15, 0.2) is 11.8 Å². The van der Waals surface area contributed by atoms with E-state index in [9.17, 15) is 9.18 Å². The zero-order valence-electron chi connectivity index (χ0n) is 10.3. The molecule has 0 heterocycles. The first kappa shape index (κ1) is 13.2. The molecule has 0 radical (unpaired) electrons. The van der Waals surface area contributed by atoms with E-state index in [4.69, 9.17) is 4.43 Å². The molecule has 0 N–H and O–H groups in total. The summed E-state index contributed by atoms with van der Waals surface area (Å²) in [5, 5.41) is 0. The second-order valence-electron chi connectivity index (χ2n) is 5.05. The molecule has 0 aromatic rings. The molecule has 0 saturated heterocycles. The van der Waals surface area contributed by atoms with Crippen LogP contribution in [0, 0.1) is 0 Å². The summed E-state index contributed by atoms with van der Waals surface area (Å²) in [5.74, 6) is 0.0344. The molecule has 0 aromatic carbocycles. The lowest BCUT2D eigenvalue weighted by atomic mass is 9.90. The number of carbonyl (C=O) groups is 1. The van der Waals surface area contributed by atoms with Crippen molar-refractivity contribution in [1.82, 2.24) is 0 Å². The van der Waals surface area contributed by atoms with Gasteiger partial charge < -0.3 is 9.16 Å². The van der Waals surface area contributed by atoms with Crippen molar-refractivity contribution in [3.63, 3.8) is 0 Å². The Morgan fingerprint density at radius 3 is 2.50 bits per heavy atom. The van der Waals surface area contributed by atoms with Crippen molar-refractivity contribution in [3.8, 4) is 0 Å². The van der Waals surface area contributed by atoms with Gasteiger partial charge in [-0.15, -0.1) is 0 Å². The van der Waals surface area contributed by atoms with Gasteiger partial charge in [-0.05, 0) is 32.1 Å². The van der Waals surface area contributed by atoms with Crippen molar-refractivity contribution in [2.75, 3.05) is 7.11 Å². The van der Waals surface area contributed by atoms with Crippen LogP contribution in [0.1, 0.15) is 19.3 Å². The molecular formula is C11H19FO3Si. The molecule has 0 amide bonds. The number of halogens is 1. The van der Waals surface area contributed by atoms with Crippen LogP contribution in [-0.4, -0.2) is 27.1 Å². The Bertz CT molecular complexity index is 309. The number of hydrogen-bond donors (Lipinski definition) is 0. The Morgan fingerprint density at radius 2 is 2.12 bits per heavy atom. The third-order valence-corrected chi connectivity index (χ3v) is 3.28. The zero-order chi connectivity index (χ0) is 12.4. The molecule has 1 atom stereocenters. The van der Waals surface area contributed by atoms with Crippen LogP contribution < -0.4 is 0 Å². The lowest BCUT2D eigenvalue weighted by molar-refractivity contribution is -0.155. The number of hydrogen-bond acceptors (Lipinski definition) is 3. The minimum Gasteiger partial charge on any atom is -0.548 e. The second-order valence-corrected chi connectivity index (χ2v) is 9.47. The highest BCUT2D eigenvalue weighted by atomic mass is 28.4. The molecule has 0 spiro atoms. The van der Waals surface area contributed by atoms with E-state index >= 15 is 0 Å². The van der Waals surface area contributed by atoms with E-state index in [1.54, 1.807) is 6.08 Å². The maximum Gasteiger partial charge on any atom is 0.343 e. The minimum atomic E-state index is -1.86. The lowest BCUT2D eigenvalue weighted by Gasteiger charge is -2.29. The molecule has 92 valence electrons. The van der Waals surface area contributed by atoms with Gasteiger partial charge in [0.1, 0.15) is 0 Å². The Labute approximate surface area is 96.8 Å². The second kappa shape index (κ2) is 4.57. The van der Waals surface area contributed by atoms with E-state index < -0.39 is 20.0 Å². The maximum atomic E-state index is 14.0. The van der Waals surface area contributed by atoms with Crippen LogP contribution in [0.4, 0.5) is 4.39 Å². The lowest BCUT2D eigenvalue weighted by Crippen LogP contribution is -2.37. The van der Waals surface area contributed by atoms with E-state index in [2.05, 4.69) is 24.4 Å². The summed E-state index contributed by atoms with van der Waals surface area (Å²) >= 11 is 0. The van der Waals surface area contributed by atoms with Crippen molar-refractivity contribution in [2.45, 2.75) is 44.6 Å². The molecule has 16 heavy (non-hydrogen) atoms. The molecule has 1 aliphatic rings. The van der Waals surface area contributed by atoms with Gasteiger partial charge in [-0.2, -0.15) is 0 Å². The van der Waals surface area contributed by atoms with Crippen molar-refractivity contribution in [1.29, 1.82) is 0 Å². The fourth-order valence-electron chi connectivity index (χ4n) is 1.66. The Morgan fingerprint density at radius 1 is 1.50 bits per heavy atom. The van der Waals surface area contributed by atoms with Gasteiger partial charge >= 0.3 is 5.97 Å². The molecule has 1 unspecified atom stereocenters. The van der Waals surface area contributed by atoms with E-state index in [0.29, 0.717) is 6.42 Å². The number of esters is 1. The average molecular weight is 246 g/mol. The van der Waals surface area contributed by atoms with Crippen molar-refractivity contribution in [2.24, 2.45) is 0 Å². The quantitative estimate of drug-likeness (QED) is 0.567. The Kier molecular flexibility index (Phi) is 3.78. The fraction of sp³-hybridized carbons (Fsp3) is 0.727.